The topological polar surface area (TPSA) is 60.5 Å². The summed E-state index contributed by atoms with van der Waals surface area (Å²) in [5.74, 6) is 1.03. The van der Waals surface area contributed by atoms with Gasteiger partial charge in [-0.05, 0) is 26.0 Å². The minimum Gasteiger partial charge on any atom is -0.494 e. The predicted molar refractivity (Wildman–Crippen MR) is 78.8 cm³/mol. The second kappa shape index (κ2) is 6.91. The van der Waals surface area contributed by atoms with Gasteiger partial charge in [-0.25, -0.2) is 4.98 Å². The van der Waals surface area contributed by atoms with Crippen molar-refractivity contribution in [2.75, 3.05) is 18.5 Å². The molecule has 0 fully saturated rings. The number of ether oxygens (including phenoxy) is 2. The Bertz CT molecular complexity index is 570. The molecule has 0 aliphatic rings. The van der Waals surface area contributed by atoms with Crippen molar-refractivity contribution >= 4 is 22.9 Å². The SMILES string of the molecule is CCOc1ccc(OCC)c(NC(=O)c2cscn2)c1. The summed E-state index contributed by atoms with van der Waals surface area (Å²) in [4.78, 5) is 16.0. The molecule has 0 radical (unpaired) electrons. The van der Waals surface area contributed by atoms with Crippen LogP contribution >= 0.6 is 11.3 Å². The largest absolute Gasteiger partial charge is 0.494 e. The van der Waals surface area contributed by atoms with Crippen LogP contribution in [-0.4, -0.2) is 24.1 Å². The van der Waals surface area contributed by atoms with Gasteiger partial charge in [-0.2, -0.15) is 0 Å². The average molecular weight is 292 g/mol. The lowest BCUT2D eigenvalue weighted by atomic mass is 10.2. The highest BCUT2D eigenvalue weighted by Gasteiger charge is 2.12. The second-order valence-electron chi connectivity index (χ2n) is 3.85. The highest BCUT2D eigenvalue weighted by atomic mass is 32.1. The van der Waals surface area contributed by atoms with Crippen LogP contribution in [0.15, 0.2) is 29.1 Å². The maximum Gasteiger partial charge on any atom is 0.275 e. The number of thiazole rings is 1. The van der Waals surface area contributed by atoms with Crippen LogP contribution in [-0.2, 0) is 0 Å². The van der Waals surface area contributed by atoms with Crippen molar-refractivity contribution in [2.24, 2.45) is 0 Å². The minimum atomic E-state index is -0.263. The number of anilines is 1. The molecule has 0 saturated carbocycles. The second-order valence-corrected chi connectivity index (χ2v) is 4.57. The zero-order chi connectivity index (χ0) is 14.4. The van der Waals surface area contributed by atoms with E-state index in [1.54, 1.807) is 23.0 Å². The molecule has 106 valence electrons. The van der Waals surface area contributed by atoms with E-state index in [0.29, 0.717) is 36.1 Å². The molecule has 1 heterocycles. The number of nitrogens with one attached hydrogen (secondary N) is 1. The Hall–Kier alpha value is -2.08. The molecule has 1 amide bonds. The third-order valence-corrected chi connectivity index (χ3v) is 3.06. The Kier molecular flexibility index (Phi) is 4.95. The molecule has 1 aromatic heterocycles. The van der Waals surface area contributed by atoms with Gasteiger partial charge in [0.15, 0.2) is 0 Å². The molecule has 0 unspecified atom stereocenters. The van der Waals surface area contributed by atoms with Gasteiger partial charge in [0.25, 0.3) is 5.91 Å². The summed E-state index contributed by atoms with van der Waals surface area (Å²) in [6, 6.07) is 5.34. The van der Waals surface area contributed by atoms with Crippen LogP contribution in [0.3, 0.4) is 0 Å². The molecular formula is C14H16N2O3S. The van der Waals surface area contributed by atoms with E-state index in [2.05, 4.69) is 10.3 Å². The van der Waals surface area contributed by atoms with E-state index in [4.69, 9.17) is 9.47 Å². The molecule has 0 aliphatic carbocycles. The monoisotopic (exact) mass is 292 g/mol. The first kappa shape index (κ1) is 14.3. The third-order valence-electron chi connectivity index (χ3n) is 2.48. The van der Waals surface area contributed by atoms with Crippen molar-refractivity contribution in [1.29, 1.82) is 0 Å². The van der Waals surface area contributed by atoms with Gasteiger partial charge in [0.2, 0.25) is 0 Å². The maximum atomic E-state index is 12.0. The highest BCUT2D eigenvalue weighted by Crippen LogP contribution is 2.29. The van der Waals surface area contributed by atoms with Gasteiger partial charge in [-0.15, -0.1) is 11.3 Å². The number of nitrogens with zero attached hydrogens (tertiary/aromatic N) is 1. The quantitative estimate of drug-likeness (QED) is 0.888. The Morgan fingerprint density at radius 2 is 2.10 bits per heavy atom. The van der Waals surface area contributed by atoms with E-state index in [0.717, 1.165) is 0 Å². The van der Waals surface area contributed by atoms with E-state index < -0.39 is 0 Å². The van der Waals surface area contributed by atoms with Gasteiger partial charge in [0, 0.05) is 11.4 Å². The van der Waals surface area contributed by atoms with Crippen molar-refractivity contribution < 1.29 is 14.3 Å². The zero-order valence-electron chi connectivity index (χ0n) is 11.4. The van der Waals surface area contributed by atoms with Crippen molar-refractivity contribution in [3.8, 4) is 11.5 Å². The van der Waals surface area contributed by atoms with Crippen molar-refractivity contribution in [2.45, 2.75) is 13.8 Å². The van der Waals surface area contributed by atoms with E-state index in [1.165, 1.54) is 11.3 Å². The highest BCUT2D eigenvalue weighted by molar-refractivity contribution is 7.07. The first-order valence-corrected chi connectivity index (χ1v) is 7.28. The van der Waals surface area contributed by atoms with E-state index >= 15 is 0 Å². The maximum absolute atomic E-state index is 12.0. The van der Waals surface area contributed by atoms with Crippen LogP contribution in [0, 0.1) is 0 Å². The van der Waals surface area contributed by atoms with Gasteiger partial charge in [0.05, 0.1) is 24.4 Å². The number of amides is 1. The lowest BCUT2D eigenvalue weighted by Crippen LogP contribution is -2.13. The van der Waals surface area contributed by atoms with Crippen LogP contribution in [0.2, 0.25) is 0 Å². The molecule has 1 N–H and O–H groups in total. The molecule has 0 aliphatic heterocycles. The van der Waals surface area contributed by atoms with Crippen molar-refractivity contribution in [3.63, 3.8) is 0 Å². The lowest BCUT2D eigenvalue weighted by molar-refractivity contribution is 0.102. The molecule has 20 heavy (non-hydrogen) atoms. The first-order valence-electron chi connectivity index (χ1n) is 6.33. The van der Waals surface area contributed by atoms with Crippen molar-refractivity contribution in [3.05, 3.63) is 34.8 Å². The first-order chi connectivity index (χ1) is 9.74. The Morgan fingerprint density at radius 3 is 2.75 bits per heavy atom. The molecule has 0 atom stereocenters. The van der Waals surface area contributed by atoms with Crippen LogP contribution < -0.4 is 14.8 Å². The summed E-state index contributed by atoms with van der Waals surface area (Å²) in [7, 11) is 0. The van der Waals surface area contributed by atoms with Crippen LogP contribution in [0.5, 0.6) is 11.5 Å². The fourth-order valence-electron chi connectivity index (χ4n) is 1.66. The number of hydrogen-bond acceptors (Lipinski definition) is 5. The standard InChI is InChI=1S/C14H16N2O3S/c1-3-18-10-5-6-13(19-4-2)11(7-10)16-14(17)12-8-20-9-15-12/h5-9H,3-4H2,1-2H3,(H,16,17). The number of rotatable bonds is 6. The van der Waals surface area contributed by atoms with Crippen LogP contribution in [0.4, 0.5) is 5.69 Å². The van der Waals surface area contributed by atoms with E-state index in [9.17, 15) is 4.79 Å². The minimum absolute atomic E-state index is 0.263. The molecule has 0 saturated heterocycles. The third kappa shape index (κ3) is 3.48. The molecule has 6 heteroatoms. The Labute approximate surface area is 121 Å². The summed E-state index contributed by atoms with van der Waals surface area (Å²) in [5.41, 5.74) is 2.59. The number of aromatic nitrogens is 1. The molecular weight excluding hydrogens is 276 g/mol. The van der Waals surface area contributed by atoms with Gasteiger partial charge < -0.3 is 14.8 Å². The normalized spacial score (nSPS) is 10.1. The molecule has 5 nitrogen and oxygen atoms in total. The lowest BCUT2D eigenvalue weighted by Gasteiger charge is -2.13. The van der Waals surface area contributed by atoms with Gasteiger partial charge in [-0.1, -0.05) is 0 Å². The number of benzene rings is 1. The smallest absolute Gasteiger partial charge is 0.275 e. The van der Waals surface area contributed by atoms with Crippen LogP contribution in [0.25, 0.3) is 0 Å². The molecule has 0 spiro atoms. The van der Waals surface area contributed by atoms with E-state index in [1.807, 2.05) is 19.9 Å². The van der Waals surface area contributed by atoms with Crippen molar-refractivity contribution in [1.82, 2.24) is 4.98 Å². The number of carbonyl (C=O) groups excluding carboxylic acids is 1. The summed E-state index contributed by atoms with van der Waals surface area (Å²) in [6.45, 7) is 4.88. The summed E-state index contributed by atoms with van der Waals surface area (Å²) in [6.07, 6.45) is 0. The predicted octanol–water partition coefficient (Wildman–Crippen LogP) is 3.19. The van der Waals surface area contributed by atoms with Gasteiger partial charge in [-0.3, -0.25) is 4.79 Å². The zero-order valence-corrected chi connectivity index (χ0v) is 12.2. The van der Waals surface area contributed by atoms with E-state index in [-0.39, 0.29) is 5.91 Å². The van der Waals surface area contributed by atoms with Gasteiger partial charge in [0.1, 0.15) is 17.2 Å². The Morgan fingerprint density at radius 1 is 1.30 bits per heavy atom. The Balaban J connectivity index is 2.22. The summed E-state index contributed by atoms with van der Waals surface area (Å²) < 4.78 is 10.9. The fraction of sp³-hybridized carbons (Fsp3) is 0.286. The summed E-state index contributed by atoms with van der Waals surface area (Å²) in [5, 5.41) is 4.49. The fourth-order valence-corrected chi connectivity index (χ4v) is 2.19. The van der Waals surface area contributed by atoms with Gasteiger partial charge >= 0.3 is 0 Å². The number of carbonyl (C=O) groups is 1. The molecule has 2 aromatic rings. The van der Waals surface area contributed by atoms with Crippen LogP contribution in [0.1, 0.15) is 24.3 Å². The molecule has 1 aromatic carbocycles. The molecule has 0 bridgehead atoms. The molecule has 2 rings (SSSR count). The average Bonchev–Trinajstić information content (AvgIpc) is 2.96. The number of hydrogen-bond donors (Lipinski definition) is 1. The summed E-state index contributed by atoms with van der Waals surface area (Å²) >= 11 is 1.38.